The molecule has 2 atom stereocenters. The molecule has 2 unspecified atom stereocenters. The van der Waals surface area contributed by atoms with Gasteiger partial charge in [0.25, 0.3) is 10.2 Å². The number of nitrogens with one attached hydrogen (secondary N) is 1. The van der Waals surface area contributed by atoms with Gasteiger partial charge in [-0.1, -0.05) is 0 Å². The van der Waals surface area contributed by atoms with Crippen LogP contribution in [-0.2, 0) is 19.7 Å². The number of aliphatic carboxylic acids is 1. The van der Waals surface area contributed by atoms with Gasteiger partial charge in [-0.15, -0.1) is 0 Å². The van der Waals surface area contributed by atoms with E-state index in [4.69, 9.17) is 9.84 Å². The Morgan fingerprint density at radius 1 is 1.29 bits per heavy atom. The van der Waals surface area contributed by atoms with Gasteiger partial charge in [-0.3, -0.25) is 4.79 Å². The molecule has 2 rings (SSSR count). The first-order valence-corrected chi connectivity index (χ1v) is 9.02. The number of carboxylic acid groups (broad SMARTS) is 1. The summed E-state index contributed by atoms with van der Waals surface area (Å²) < 4.78 is 33.7. The van der Waals surface area contributed by atoms with Crippen molar-refractivity contribution >= 4 is 16.2 Å². The van der Waals surface area contributed by atoms with E-state index in [1.54, 1.807) is 0 Å². The molecule has 2 fully saturated rings. The first kappa shape index (κ1) is 16.7. The van der Waals surface area contributed by atoms with Gasteiger partial charge in [0.1, 0.15) is 0 Å². The van der Waals surface area contributed by atoms with Crippen LogP contribution in [0.3, 0.4) is 0 Å². The lowest BCUT2D eigenvalue weighted by molar-refractivity contribution is -0.142. The summed E-state index contributed by atoms with van der Waals surface area (Å²) in [6.45, 7) is 1.54. The summed E-state index contributed by atoms with van der Waals surface area (Å²) in [4.78, 5) is 11.0. The minimum atomic E-state index is -3.59. The van der Waals surface area contributed by atoms with Crippen molar-refractivity contribution in [1.82, 2.24) is 9.03 Å². The van der Waals surface area contributed by atoms with E-state index >= 15 is 0 Å². The number of hydrogen-bond acceptors (Lipinski definition) is 4. The molecule has 7 nitrogen and oxygen atoms in total. The van der Waals surface area contributed by atoms with Gasteiger partial charge in [-0.05, 0) is 38.5 Å². The Bertz CT molecular complexity index is 447. The molecule has 0 saturated carbocycles. The van der Waals surface area contributed by atoms with Gasteiger partial charge < -0.3 is 9.84 Å². The largest absolute Gasteiger partial charge is 0.481 e. The van der Waals surface area contributed by atoms with Crippen LogP contribution in [0, 0.1) is 5.92 Å². The molecule has 2 N–H and O–H groups in total. The molecule has 21 heavy (non-hydrogen) atoms. The maximum absolute atomic E-state index is 12.2. The molecular formula is C13H24N2O5S. The minimum absolute atomic E-state index is 0.0601. The summed E-state index contributed by atoms with van der Waals surface area (Å²) in [5.74, 6) is -1.53. The van der Waals surface area contributed by atoms with E-state index in [1.165, 1.54) is 4.31 Å². The maximum atomic E-state index is 12.2. The monoisotopic (exact) mass is 320 g/mol. The number of carboxylic acids is 1. The Balaban J connectivity index is 1.79. The van der Waals surface area contributed by atoms with E-state index in [2.05, 4.69) is 4.72 Å². The summed E-state index contributed by atoms with van der Waals surface area (Å²) in [6, 6.07) is 0. The Morgan fingerprint density at radius 3 is 2.76 bits per heavy atom. The van der Waals surface area contributed by atoms with Crippen molar-refractivity contribution in [3.63, 3.8) is 0 Å². The smallest absolute Gasteiger partial charge is 0.307 e. The van der Waals surface area contributed by atoms with Crippen LogP contribution < -0.4 is 4.72 Å². The van der Waals surface area contributed by atoms with Crippen LogP contribution in [0.4, 0.5) is 0 Å². The zero-order valence-electron chi connectivity index (χ0n) is 12.2. The summed E-state index contributed by atoms with van der Waals surface area (Å²) in [7, 11) is -3.59. The van der Waals surface area contributed by atoms with Crippen molar-refractivity contribution in [1.29, 1.82) is 0 Å². The first-order chi connectivity index (χ1) is 9.99. The summed E-state index contributed by atoms with van der Waals surface area (Å²) in [6.07, 6.45) is 5.11. The fourth-order valence-corrected chi connectivity index (χ4v) is 4.14. The van der Waals surface area contributed by atoms with Crippen LogP contribution in [0.25, 0.3) is 0 Å². The van der Waals surface area contributed by atoms with Gasteiger partial charge >= 0.3 is 5.97 Å². The molecule has 0 radical (unpaired) electrons. The molecule has 0 amide bonds. The third-order valence-electron chi connectivity index (χ3n) is 4.10. The molecule has 2 heterocycles. The van der Waals surface area contributed by atoms with E-state index in [9.17, 15) is 13.2 Å². The summed E-state index contributed by atoms with van der Waals surface area (Å²) in [5, 5.41) is 9.01. The van der Waals surface area contributed by atoms with Gasteiger partial charge in [-0.25, -0.2) is 4.72 Å². The van der Waals surface area contributed by atoms with Gasteiger partial charge in [0, 0.05) is 26.2 Å². The van der Waals surface area contributed by atoms with Crippen LogP contribution in [0.15, 0.2) is 0 Å². The highest BCUT2D eigenvalue weighted by atomic mass is 32.2. The van der Waals surface area contributed by atoms with Crippen LogP contribution in [0.1, 0.15) is 38.5 Å². The summed E-state index contributed by atoms with van der Waals surface area (Å²) in [5.41, 5.74) is 0. The SMILES string of the molecule is O=C(O)C1CCCN(S(=O)(=O)NCCC2CCCCO2)C1. The van der Waals surface area contributed by atoms with E-state index in [0.717, 1.165) is 25.9 Å². The highest BCUT2D eigenvalue weighted by molar-refractivity contribution is 7.87. The Hall–Kier alpha value is -0.700. The fraction of sp³-hybridized carbons (Fsp3) is 0.923. The van der Waals surface area contributed by atoms with Crippen molar-refractivity contribution in [2.24, 2.45) is 5.92 Å². The van der Waals surface area contributed by atoms with Crippen molar-refractivity contribution in [3.05, 3.63) is 0 Å². The molecule has 0 aromatic heterocycles. The topological polar surface area (TPSA) is 95.9 Å². The molecule has 8 heteroatoms. The minimum Gasteiger partial charge on any atom is -0.481 e. The van der Waals surface area contributed by atoms with Crippen molar-refractivity contribution in [2.45, 2.75) is 44.6 Å². The molecular weight excluding hydrogens is 296 g/mol. The molecule has 0 bridgehead atoms. The molecule has 0 spiro atoms. The molecule has 0 aromatic rings. The Kier molecular flexibility index (Phi) is 5.98. The van der Waals surface area contributed by atoms with Crippen LogP contribution >= 0.6 is 0 Å². The van der Waals surface area contributed by atoms with Crippen molar-refractivity contribution < 1.29 is 23.1 Å². The number of hydrogen-bond donors (Lipinski definition) is 2. The van der Waals surface area contributed by atoms with E-state index in [-0.39, 0.29) is 12.6 Å². The van der Waals surface area contributed by atoms with E-state index in [1.807, 2.05) is 0 Å². The average Bonchev–Trinajstić information content (AvgIpc) is 2.48. The second kappa shape index (κ2) is 7.53. The lowest BCUT2D eigenvalue weighted by Gasteiger charge is -2.30. The predicted octanol–water partition coefficient (Wildman–Crippen LogP) is 0.577. The van der Waals surface area contributed by atoms with Crippen LogP contribution in [0.5, 0.6) is 0 Å². The average molecular weight is 320 g/mol. The lowest BCUT2D eigenvalue weighted by atomic mass is 10.0. The molecule has 2 aliphatic heterocycles. The number of piperidine rings is 1. The van der Waals surface area contributed by atoms with E-state index in [0.29, 0.717) is 32.4 Å². The standard InChI is InChI=1S/C13H24N2O5S/c16-13(17)11-4-3-8-15(10-11)21(18,19)14-7-6-12-5-1-2-9-20-12/h11-12,14H,1-10H2,(H,16,17). The number of nitrogens with zero attached hydrogens (tertiary/aromatic N) is 1. The first-order valence-electron chi connectivity index (χ1n) is 7.58. The maximum Gasteiger partial charge on any atom is 0.307 e. The molecule has 0 aromatic carbocycles. The zero-order chi connectivity index (χ0) is 15.3. The van der Waals surface area contributed by atoms with Crippen LogP contribution in [0.2, 0.25) is 0 Å². The Morgan fingerprint density at radius 2 is 2.10 bits per heavy atom. The lowest BCUT2D eigenvalue weighted by Crippen LogP contribution is -2.47. The second-order valence-corrected chi connectivity index (χ2v) is 7.47. The highest BCUT2D eigenvalue weighted by Gasteiger charge is 2.32. The Labute approximate surface area is 125 Å². The zero-order valence-corrected chi connectivity index (χ0v) is 13.0. The third-order valence-corrected chi connectivity index (χ3v) is 5.68. The van der Waals surface area contributed by atoms with Gasteiger partial charge in [0.05, 0.1) is 12.0 Å². The number of carbonyl (C=O) groups is 1. The van der Waals surface area contributed by atoms with Crippen LogP contribution in [-0.4, -0.2) is 56.1 Å². The second-order valence-electron chi connectivity index (χ2n) is 5.71. The predicted molar refractivity (Wildman–Crippen MR) is 77.1 cm³/mol. The normalized spacial score (nSPS) is 28.4. The molecule has 0 aliphatic carbocycles. The fourth-order valence-electron chi connectivity index (χ4n) is 2.84. The summed E-state index contributed by atoms with van der Waals surface area (Å²) >= 11 is 0. The molecule has 2 saturated heterocycles. The highest BCUT2D eigenvalue weighted by Crippen LogP contribution is 2.19. The van der Waals surface area contributed by atoms with Crippen molar-refractivity contribution in [2.75, 3.05) is 26.2 Å². The number of rotatable bonds is 6. The quantitative estimate of drug-likeness (QED) is 0.746. The van der Waals surface area contributed by atoms with Crippen molar-refractivity contribution in [3.8, 4) is 0 Å². The number of ether oxygens (including phenoxy) is 1. The van der Waals surface area contributed by atoms with E-state index < -0.39 is 22.1 Å². The van der Waals surface area contributed by atoms with Gasteiger partial charge in [-0.2, -0.15) is 12.7 Å². The third kappa shape index (κ3) is 4.91. The van der Waals surface area contributed by atoms with Gasteiger partial charge in [0.15, 0.2) is 0 Å². The van der Waals surface area contributed by atoms with Gasteiger partial charge in [0.2, 0.25) is 0 Å². The molecule has 122 valence electrons. The molecule has 2 aliphatic rings.